The van der Waals surface area contributed by atoms with E-state index in [2.05, 4.69) is 18.0 Å². The summed E-state index contributed by atoms with van der Waals surface area (Å²) < 4.78 is 0. The molecule has 0 aliphatic carbocycles. The van der Waals surface area contributed by atoms with Crippen molar-refractivity contribution in [1.29, 1.82) is 0 Å². The van der Waals surface area contributed by atoms with E-state index in [1.165, 1.54) is 5.56 Å². The number of anilines is 1. The van der Waals surface area contributed by atoms with Crippen LogP contribution in [-0.2, 0) is 0 Å². The Bertz CT molecular complexity index is 557. The second-order valence-electron chi connectivity index (χ2n) is 4.05. The third-order valence-corrected chi connectivity index (χ3v) is 2.66. The molecule has 1 aromatic heterocycles. The van der Waals surface area contributed by atoms with Gasteiger partial charge in [0, 0.05) is 17.4 Å². The smallest absolute Gasteiger partial charge is 0.0655 e. The number of aryl methyl sites for hydroxylation is 1. The Morgan fingerprint density at radius 3 is 2.65 bits per heavy atom. The largest absolute Gasteiger partial charge is 0.399 e. The molecule has 0 aliphatic rings. The highest BCUT2D eigenvalue weighted by Crippen LogP contribution is 2.22. The number of benzene rings is 1. The third-order valence-electron chi connectivity index (χ3n) is 2.66. The Morgan fingerprint density at radius 1 is 1.18 bits per heavy atom. The summed E-state index contributed by atoms with van der Waals surface area (Å²) in [4.78, 5) is 4.45. The monoisotopic (exact) mass is 224 g/mol. The molecular weight excluding hydrogens is 208 g/mol. The van der Waals surface area contributed by atoms with Crippen molar-refractivity contribution >= 4 is 11.8 Å². The van der Waals surface area contributed by atoms with Crippen LogP contribution >= 0.6 is 0 Å². The maximum absolute atomic E-state index is 5.78. The highest BCUT2D eigenvalue weighted by Gasteiger charge is 2.01. The Balaban J connectivity index is 2.44. The molecule has 2 nitrogen and oxygen atoms in total. The van der Waals surface area contributed by atoms with Gasteiger partial charge in [-0.05, 0) is 49.2 Å². The van der Waals surface area contributed by atoms with Crippen molar-refractivity contribution in [3.8, 4) is 11.1 Å². The van der Waals surface area contributed by atoms with Gasteiger partial charge in [-0.15, -0.1) is 0 Å². The molecule has 2 rings (SSSR count). The van der Waals surface area contributed by atoms with Gasteiger partial charge in [0.25, 0.3) is 0 Å². The summed E-state index contributed by atoms with van der Waals surface area (Å²) in [5.41, 5.74) is 10.9. The van der Waals surface area contributed by atoms with Crippen LogP contribution in [0.15, 0.2) is 42.6 Å². The lowest BCUT2D eigenvalue weighted by atomic mass is 10.0. The van der Waals surface area contributed by atoms with Gasteiger partial charge in [0.1, 0.15) is 0 Å². The van der Waals surface area contributed by atoms with E-state index < -0.39 is 0 Å². The van der Waals surface area contributed by atoms with Crippen LogP contribution in [-0.4, -0.2) is 4.98 Å². The first-order valence-electron chi connectivity index (χ1n) is 5.66. The number of allylic oxidation sites excluding steroid dienone is 1. The Kier molecular flexibility index (Phi) is 3.24. The quantitative estimate of drug-likeness (QED) is 0.790. The Hall–Kier alpha value is -2.09. The number of nitrogens with zero attached hydrogens (tertiary/aromatic N) is 1. The van der Waals surface area contributed by atoms with Crippen LogP contribution in [0.2, 0.25) is 0 Å². The van der Waals surface area contributed by atoms with Gasteiger partial charge in [-0.3, -0.25) is 4.98 Å². The molecule has 0 radical (unpaired) electrons. The highest BCUT2D eigenvalue weighted by molar-refractivity contribution is 5.68. The maximum Gasteiger partial charge on any atom is 0.0655 e. The van der Waals surface area contributed by atoms with Crippen molar-refractivity contribution in [3.63, 3.8) is 0 Å². The van der Waals surface area contributed by atoms with Crippen LogP contribution in [0, 0.1) is 6.92 Å². The van der Waals surface area contributed by atoms with Crippen LogP contribution < -0.4 is 5.73 Å². The Labute approximate surface area is 102 Å². The first-order chi connectivity index (χ1) is 8.20. The lowest BCUT2D eigenvalue weighted by molar-refractivity contribution is 1.24. The van der Waals surface area contributed by atoms with Gasteiger partial charge in [-0.25, -0.2) is 0 Å². The van der Waals surface area contributed by atoms with Crippen molar-refractivity contribution in [2.24, 2.45) is 0 Å². The minimum absolute atomic E-state index is 0.776. The van der Waals surface area contributed by atoms with E-state index >= 15 is 0 Å². The minimum atomic E-state index is 0.776. The molecule has 1 heterocycles. The Morgan fingerprint density at radius 2 is 2.00 bits per heavy atom. The summed E-state index contributed by atoms with van der Waals surface area (Å²) >= 11 is 0. The second kappa shape index (κ2) is 4.83. The molecule has 0 atom stereocenters. The molecule has 86 valence electrons. The molecule has 0 fully saturated rings. The molecule has 0 aliphatic heterocycles. The first kappa shape index (κ1) is 11.4. The zero-order chi connectivity index (χ0) is 12.3. The summed E-state index contributed by atoms with van der Waals surface area (Å²) in [6, 6.07) is 9.99. The molecule has 2 aromatic rings. The SMILES string of the molecule is C/C=C\c1ncc(-c2cccc(N)c2)cc1C. The molecule has 2 N–H and O–H groups in total. The van der Waals surface area contributed by atoms with E-state index in [1.807, 2.05) is 49.5 Å². The number of nitrogen functional groups attached to an aromatic ring is 1. The van der Waals surface area contributed by atoms with Crippen LogP contribution in [0.3, 0.4) is 0 Å². The van der Waals surface area contributed by atoms with Gasteiger partial charge in [0.15, 0.2) is 0 Å². The van der Waals surface area contributed by atoms with Gasteiger partial charge >= 0.3 is 0 Å². The standard InChI is InChI=1S/C15H16N2/c1-3-5-15-11(2)8-13(10-17-15)12-6-4-7-14(16)9-12/h3-10H,16H2,1-2H3/b5-3-. The predicted octanol–water partition coefficient (Wildman–Crippen LogP) is 3.67. The summed E-state index contributed by atoms with van der Waals surface area (Å²) in [5, 5.41) is 0. The lowest BCUT2D eigenvalue weighted by Gasteiger charge is -2.05. The van der Waals surface area contributed by atoms with E-state index in [4.69, 9.17) is 5.73 Å². The zero-order valence-electron chi connectivity index (χ0n) is 10.1. The number of nitrogens with two attached hydrogens (primary N) is 1. The summed E-state index contributed by atoms with van der Waals surface area (Å²) in [6.45, 7) is 4.06. The average molecular weight is 224 g/mol. The average Bonchev–Trinajstić information content (AvgIpc) is 2.32. The van der Waals surface area contributed by atoms with Crippen molar-refractivity contribution in [3.05, 3.63) is 53.9 Å². The predicted molar refractivity (Wildman–Crippen MR) is 73.5 cm³/mol. The fourth-order valence-corrected chi connectivity index (χ4v) is 1.79. The summed E-state index contributed by atoms with van der Waals surface area (Å²) in [6.07, 6.45) is 5.89. The van der Waals surface area contributed by atoms with Crippen LogP contribution in [0.5, 0.6) is 0 Å². The van der Waals surface area contributed by atoms with Gasteiger partial charge in [0.2, 0.25) is 0 Å². The molecule has 0 bridgehead atoms. The molecule has 0 saturated carbocycles. The number of hydrogen-bond acceptors (Lipinski definition) is 2. The van der Waals surface area contributed by atoms with Crippen LogP contribution in [0.1, 0.15) is 18.2 Å². The van der Waals surface area contributed by atoms with Gasteiger partial charge in [0.05, 0.1) is 5.69 Å². The number of rotatable bonds is 2. The van der Waals surface area contributed by atoms with E-state index in [-0.39, 0.29) is 0 Å². The van der Waals surface area contributed by atoms with E-state index in [1.54, 1.807) is 0 Å². The summed E-state index contributed by atoms with van der Waals surface area (Å²) in [5.74, 6) is 0. The molecular formula is C15H16N2. The highest BCUT2D eigenvalue weighted by atomic mass is 14.7. The molecule has 0 spiro atoms. The van der Waals surface area contributed by atoms with Gasteiger partial charge in [-0.2, -0.15) is 0 Å². The molecule has 0 amide bonds. The minimum Gasteiger partial charge on any atom is -0.399 e. The second-order valence-corrected chi connectivity index (χ2v) is 4.05. The molecule has 0 saturated heterocycles. The van der Waals surface area contributed by atoms with E-state index in [9.17, 15) is 0 Å². The fraction of sp³-hybridized carbons (Fsp3) is 0.133. The van der Waals surface area contributed by atoms with E-state index in [0.29, 0.717) is 0 Å². The normalized spacial score (nSPS) is 10.9. The molecule has 17 heavy (non-hydrogen) atoms. The van der Waals surface area contributed by atoms with E-state index in [0.717, 1.165) is 22.5 Å². The topological polar surface area (TPSA) is 38.9 Å². The lowest BCUT2D eigenvalue weighted by Crippen LogP contribution is -1.90. The first-order valence-corrected chi connectivity index (χ1v) is 5.66. The number of pyridine rings is 1. The van der Waals surface area contributed by atoms with Crippen molar-refractivity contribution in [2.45, 2.75) is 13.8 Å². The van der Waals surface area contributed by atoms with Crippen LogP contribution in [0.4, 0.5) is 5.69 Å². The third kappa shape index (κ3) is 2.53. The molecule has 2 heteroatoms. The molecule has 1 aromatic carbocycles. The van der Waals surface area contributed by atoms with Gasteiger partial charge < -0.3 is 5.73 Å². The van der Waals surface area contributed by atoms with Gasteiger partial charge in [-0.1, -0.05) is 18.2 Å². The summed E-state index contributed by atoms with van der Waals surface area (Å²) in [7, 11) is 0. The van der Waals surface area contributed by atoms with Crippen molar-refractivity contribution in [2.75, 3.05) is 5.73 Å². The zero-order valence-corrected chi connectivity index (χ0v) is 10.1. The van der Waals surface area contributed by atoms with Crippen LogP contribution in [0.25, 0.3) is 17.2 Å². The molecule has 0 unspecified atom stereocenters. The maximum atomic E-state index is 5.78. The van der Waals surface area contributed by atoms with Crippen molar-refractivity contribution < 1.29 is 0 Å². The fourth-order valence-electron chi connectivity index (χ4n) is 1.79. The number of aromatic nitrogens is 1. The number of hydrogen-bond donors (Lipinski definition) is 1. The van der Waals surface area contributed by atoms with Crippen molar-refractivity contribution in [1.82, 2.24) is 4.98 Å².